The van der Waals surface area contributed by atoms with Crippen molar-refractivity contribution in [3.05, 3.63) is 90.3 Å². The molecule has 7 nitrogen and oxygen atoms in total. The number of nitrogens with zero attached hydrogens (tertiary/aromatic N) is 1. The van der Waals surface area contributed by atoms with Gasteiger partial charge in [0.25, 0.3) is 11.8 Å². The molecule has 0 atom stereocenters. The molecule has 11 heteroatoms. The van der Waals surface area contributed by atoms with E-state index in [1.165, 1.54) is 24.3 Å². The van der Waals surface area contributed by atoms with Crippen LogP contribution >= 0.6 is 55.1 Å². The number of rotatable bonds is 7. The van der Waals surface area contributed by atoms with Gasteiger partial charge in [-0.15, -0.1) is 0 Å². The van der Waals surface area contributed by atoms with Crippen LogP contribution in [0.2, 0.25) is 10.0 Å². The molecule has 3 aromatic rings. The third-order valence-electron chi connectivity index (χ3n) is 5.24. The fraction of sp³-hybridized carbons (Fsp3) is 0.115. The molecule has 190 valence electrons. The third-order valence-corrected chi connectivity index (χ3v) is 7.34. The minimum absolute atomic E-state index is 0.158. The average molecular weight is 669 g/mol. The van der Waals surface area contributed by atoms with E-state index in [2.05, 4.69) is 37.2 Å². The van der Waals surface area contributed by atoms with Crippen LogP contribution in [0.15, 0.2) is 69.1 Å². The van der Waals surface area contributed by atoms with Gasteiger partial charge in [0.15, 0.2) is 11.5 Å². The van der Waals surface area contributed by atoms with Gasteiger partial charge in [0.1, 0.15) is 12.2 Å². The maximum Gasteiger partial charge on any atom is 0.335 e. The fourth-order valence-corrected chi connectivity index (χ4v) is 4.79. The zero-order valence-corrected chi connectivity index (χ0v) is 23.9. The summed E-state index contributed by atoms with van der Waals surface area (Å²) in [5.74, 6) is -0.756. The normalized spacial score (nSPS) is 14.7. The third kappa shape index (κ3) is 6.01. The highest BCUT2D eigenvalue weighted by molar-refractivity contribution is 9.10. The summed E-state index contributed by atoms with van der Waals surface area (Å²) < 4.78 is 13.3. The van der Waals surface area contributed by atoms with Gasteiger partial charge in [-0.05, 0) is 70.9 Å². The van der Waals surface area contributed by atoms with Gasteiger partial charge in [0.2, 0.25) is 0 Å². The van der Waals surface area contributed by atoms with Crippen LogP contribution in [0.25, 0.3) is 6.08 Å². The van der Waals surface area contributed by atoms with Crippen LogP contribution in [0, 0.1) is 0 Å². The molecule has 1 saturated heterocycles. The van der Waals surface area contributed by atoms with Crippen molar-refractivity contribution < 1.29 is 23.9 Å². The zero-order chi connectivity index (χ0) is 26.7. The van der Waals surface area contributed by atoms with Crippen molar-refractivity contribution in [2.75, 3.05) is 11.5 Å². The van der Waals surface area contributed by atoms with Crippen LogP contribution in [0.5, 0.6) is 11.5 Å². The standard InChI is InChI=1S/C26H18Br2Cl2N2O5/c1-2-36-22-11-14(10-19(28)23(22)37-13-15-5-3-4-6-18(15)27)9-17-24(33)31-26(35)32(25(17)34)16-7-8-20(29)21(30)12-16/h3-12H,2,13H2,1H3,(H,31,33,35)/b17-9+. The van der Waals surface area contributed by atoms with Gasteiger partial charge < -0.3 is 9.47 Å². The lowest BCUT2D eigenvalue weighted by Gasteiger charge is -2.26. The number of anilines is 1. The van der Waals surface area contributed by atoms with Crippen molar-refractivity contribution in [1.29, 1.82) is 0 Å². The van der Waals surface area contributed by atoms with Gasteiger partial charge >= 0.3 is 6.03 Å². The smallest absolute Gasteiger partial charge is 0.335 e. The lowest BCUT2D eigenvalue weighted by molar-refractivity contribution is -0.122. The Balaban J connectivity index is 1.67. The Morgan fingerprint density at radius 3 is 2.41 bits per heavy atom. The van der Waals surface area contributed by atoms with E-state index < -0.39 is 17.8 Å². The minimum atomic E-state index is -0.891. The summed E-state index contributed by atoms with van der Waals surface area (Å²) in [6.45, 7) is 2.47. The molecule has 1 N–H and O–H groups in total. The predicted octanol–water partition coefficient (Wildman–Crippen LogP) is 7.16. The van der Waals surface area contributed by atoms with Gasteiger partial charge in [-0.1, -0.05) is 57.3 Å². The van der Waals surface area contributed by atoms with Crippen molar-refractivity contribution in [2.45, 2.75) is 13.5 Å². The molecule has 4 rings (SSSR count). The minimum Gasteiger partial charge on any atom is -0.490 e. The molecule has 0 saturated carbocycles. The van der Waals surface area contributed by atoms with E-state index in [1.54, 1.807) is 12.1 Å². The number of barbiturate groups is 1. The second kappa shape index (κ2) is 11.7. The van der Waals surface area contributed by atoms with Gasteiger partial charge in [-0.3, -0.25) is 14.9 Å². The highest BCUT2D eigenvalue weighted by atomic mass is 79.9. The zero-order valence-electron chi connectivity index (χ0n) is 19.2. The Morgan fingerprint density at radius 2 is 1.70 bits per heavy atom. The first-order chi connectivity index (χ1) is 17.7. The van der Waals surface area contributed by atoms with Crippen LogP contribution in [-0.2, 0) is 16.2 Å². The van der Waals surface area contributed by atoms with Gasteiger partial charge in [0, 0.05) is 10.0 Å². The summed E-state index contributed by atoms with van der Waals surface area (Å²) in [5, 5.41) is 2.60. The Kier molecular flexibility index (Phi) is 8.59. The topological polar surface area (TPSA) is 84.9 Å². The van der Waals surface area contributed by atoms with Gasteiger partial charge in [-0.25, -0.2) is 9.69 Å². The van der Waals surface area contributed by atoms with Crippen molar-refractivity contribution in [1.82, 2.24) is 5.32 Å². The van der Waals surface area contributed by atoms with E-state index in [-0.39, 0.29) is 27.9 Å². The Hall–Kier alpha value is -2.85. The number of benzene rings is 3. The number of ether oxygens (including phenoxy) is 2. The summed E-state index contributed by atoms with van der Waals surface area (Å²) >= 11 is 19.0. The number of nitrogens with one attached hydrogen (secondary N) is 1. The molecule has 1 aliphatic rings. The molecule has 1 heterocycles. The molecule has 0 radical (unpaired) electrons. The molecular formula is C26H18Br2Cl2N2O5. The lowest BCUT2D eigenvalue weighted by Crippen LogP contribution is -2.54. The van der Waals surface area contributed by atoms with Crippen molar-refractivity contribution in [3.63, 3.8) is 0 Å². The molecule has 1 aliphatic heterocycles. The largest absolute Gasteiger partial charge is 0.490 e. The molecule has 4 amide bonds. The van der Waals surface area contributed by atoms with E-state index in [0.717, 1.165) is 14.9 Å². The first-order valence-corrected chi connectivity index (χ1v) is 13.2. The monoisotopic (exact) mass is 666 g/mol. The first-order valence-electron chi connectivity index (χ1n) is 10.9. The highest BCUT2D eigenvalue weighted by Crippen LogP contribution is 2.39. The average Bonchev–Trinajstić information content (AvgIpc) is 2.84. The van der Waals surface area contributed by atoms with Crippen LogP contribution in [-0.4, -0.2) is 24.5 Å². The van der Waals surface area contributed by atoms with Crippen LogP contribution in [0.4, 0.5) is 10.5 Å². The fourth-order valence-electron chi connectivity index (χ4n) is 3.52. The van der Waals surface area contributed by atoms with Crippen molar-refractivity contribution in [3.8, 4) is 11.5 Å². The Morgan fingerprint density at radius 1 is 0.946 bits per heavy atom. The van der Waals surface area contributed by atoms with Gasteiger partial charge in [0.05, 0.1) is 26.8 Å². The molecular weight excluding hydrogens is 651 g/mol. The second-order valence-electron chi connectivity index (χ2n) is 7.70. The molecule has 3 aromatic carbocycles. The molecule has 1 fully saturated rings. The summed E-state index contributed by atoms with van der Waals surface area (Å²) in [6, 6.07) is 14.4. The van der Waals surface area contributed by atoms with Crippen LogP contribution in [0.1, 0.15) is 18.1 Å². The number of carbonyl (C=O) groups excluding carboxylic acids is 3. The van der Waals surface area contributed by atoms with Gasteiger partial charge in [-0.2, -0.15) is 0 Å². The SMILES string of the molecule is CCOc1cc(/C=C2\C(=O)NC(=O)N(c3ccc(Cl)c(Cl)c3)C2=O)cc(Br)c1OCc1ccccc1Br. The molecule has 0 aromatic heterocycles. The maximum absolute atomic E-state index is 13.2. The number of imide groups is 2. The maximum atomic E-state index is 13.2. The van der Waals surface area contributed by atoms with Crippen molar-refractivity contribution >= 4 is 84.7 Å². The quantitative estimate of drug-likeness (QED) is 0.213. The van der Waals surface area contributed by atoms with Crippen LogP contribution in [0.3, 0.4) is 0 Å². The van der Waals surface area contributed by atoms with E-state index >= 15 is 0 Å². The van der Waals surface area contributed by atoms with E-state index in [0.29, 0.717) is 28.1 Å². The number of halogens is 4. The summed E-state index contributed by atoms with van der Waals surface area (Å²) in [5.41, 5.74) is 1.34. The van der Waals surface area contributed by atoms with E-state index in [9.17, 15) is 14.4 Å². The van der Waals surface area contributed by atoms with E-state index in [4.69, 9.17) is 32.7 Å². The van der Waals surface area contributed by atoms with Crippen molar-refractivity contribution in [2.24, 2.45) is 0 Å². The number of carbonyl (C=O) groups is 3. The molecule has 0 unspecified atom stereocenters. The Labute approximate surface area is 239 Å². The highest BCUT2D eigenvalue weighted by Gasteiger charge is 2.37. The predicted molar refractivity (Wildman–Crippen MR) is 149 cm³/mol. The molecule has 37 heavy (non-hydrogen) atoms. The lowest BCUT2D eigenvalue weighted by atomic mass is 10.1. The number of hydrogen-bond donors (Lipinski definition) is 1. The number of hydrogen-bond acceptors (Lipinski definition) is 5. The summed E-state index contributed by atoms with van der Waals surface area (Å²) in [4.78, 5) is 39.1. The Bertz CT molecular complexity index is 1440. The molecule has 0 spiro atoms. The molecule has 0 bridgehead atoms. The van der Waals surface area contributed by atoms with E-state index in [1.807, 2.05) is 31.2 Å². The summed E-state index contributed by atoms with van der Waals surface area (Å²) in [7, 11) is 0. The number of urea groups is 1. The first kappa shape index (κ1) is 27.2. The molecule has 0 aliphatic carbocycles. The van der Waals surface area contributed by atoms with Crippen LogP contribution < -0.4 is 19.7 Å². The second-order valence-corrected chi connectivity index (χ2v) is 10.2. The number of amides is 4. The summed E-state index contributed by atoms with van der Waals surface area (Å²) in [6.07, 6.45) is 1.37.